The molecule has 66 heavy (non-hydrogen) atoms. The van der Waals surface area contributed by atoms with Crippen LogP contribution in [0.5, 0.6) is 11.5 Å². The fourth-order valence-electron chi connectivity index (χ4n) is 8.56. The third kappa shape index (κ3) is 7.98. The second-order valence-electron chi connectivity index (χ2n) is 18.2. The van der Waals surface area contributed by atoms with E-state index in [2.05, 4.69) is 23.4 Å². The maximum atomic E-state index is 8.64. The molecule has 0 saturated heterocycles. The van der Waals surface area contributed by atoms with E-state index in [4.69, 9.17) is 28.0 Å². The van der Waals surface area contributed by atoms with E-state index in [1.807, 2.05) is 76.4 Å². The number of aryl methyl sites for hydroxylation is 4. The van der Waals surface area contributed by atoms with Gasteiger partial charge in [0.15, 0.2) is 0 Å². The molecule has 0 radical (unpaired) electrons. The van der Waals surface area contributed by atoms with Gasteiger partial charge in [0, 0.05) is 66.3 Å². The minimum absolute atomic E-state index is 0. The molecule has 3 aromatic heterocycles. The average Bonchev–Trinajstić information content (AvgIpc) is 3.24. The molecule has 0 aliphatic rings. The van der Waals surface area contributed by atoms with Crippen LogP contribution in [0, 0.1) is 45.9 Å². The number of imidazole rings is 1. The molecule has 0 aliphatic heterocycles. The van der Waals surface area contributed by atoms with Crippen LogP contribution >= 0.6 is 0 Å². The topological polar surface area (TPSA) is 35.9 Å². The smallest absolute Gasteiger partial charge is 0.268 e. The Morgan fingerprint density at radius 3 is 2.08 bits per heavy atom. The van der Waals surface area contributed by atoms with Gasteiger partial charge in [-0.1, -0.05) is 143 Å². The first kappa shape index (κ1) is 28.5. The van der Waals surface area contributed by atoms with Crippen LogP contribution in [0.3, 0.4) is 0 Å². The standard InChI is InChI=1S/C60H54N4O.Pt/c1-38-30-50(59(5,6)7)58(51(31-38)60(8,9)10)63-37-62(55-33-43(26-29-53(55)63)57-39(2)18-16-19-40(57)3)44-22-17-23-45(34-44)65-46-27-28-48-47-24-14-15-25-52(47)64(54(48)35-46)56-32-41(4)49(36-61-56)42-20-12-11-13-21-42;/h11-33,36H,1-10H3;/q-2;/i1D3,2D3,3D3,4D3,11D,12D,13D,20D,21D;. The Morgan fingerprint density at radius 1 is 0.652 bits per heavy atom. The molecule has 5 nitrogen and oxygen atoms in total. The summed E-state index contributed by atoms with van der Waals surface area (Å²) in [6, 6.07) is 34.0. The van der Waals surface area contributed by atoms with Gasteiger partial charge >= 0.3 is 0 Å². The zero-order chi connectivity index (χ0) is 59.7. The molecule has 7 aromatic carbocycles. The summed E-state index contributed by atoms with van der Waals surface area (Å²) in [6.07, 6.45) is 4.76. The summed E-state index contributed by atoms with van der Waals surface area (Å²) >= 11 is 0. The Bertz CT molecular complexity index is 4140. The van der Waals surface area contributed by atoms with Gasteiger partial charge in [0.2, 0.25) is 0 Å². The van der Waals surface area contributed by atoms with Crippen LogP contribution in [0.25, 0.3) is 72.3 Å². The predicted molar refractivity (Wildman–Crippen MR) is 267 cm³/mol. The SMILES string of the molecule is [2H]c1c([2H])c([2H])c(-c2cnc(-n3c4[c-]c(Oc5[c-]c(-n6[c-][n+](-c7c(C(C)(C)C)cc(C([2H])([2H])[2H])cc7C(C)(C)C)c7ccc(-c8c(C([2H])([2H])[2H])cccc8C([2H])([2H])[2H])cc76)ccc5)ccc4c4ccccc43)cc2C([2H])([2H])[2H])c([2H])c1[2H].[Pt]. The molecule has 0 amide bonds. The van der Waals surface area contributed by atoms with Gasteiger partial charge in [-0.3, -0.25) is 4.57 Å². The van der Waals surface area contributed by atoms with Gasteiger partial charge in [0.1, 0.15) is 5.82 Å². The summed E-state index contributed by atoms with van der Waals surface area (Å²) in [6.45, 7) is 1.34. The quantitative estimate of drug-likeness (QED) is 0.118. The van der Waals surface area contributed by atoms with E-state index in [0.29, 0.717) is 55.5 Å². The average molecular weight is 1060 g/mol. The second kappa shape index (κ2) is 17.0. The molecule has 10 rings (SSSR count). The molecule has 0 saturated carbocycles. The normalized spacial score (nSPS) is 16.5. The molecule has 0 unspecified atom stereocenters. The summed E-state index contributed by atoms with van der Waals surface area (Å²) in [5.41, 5.74) is 2.85. The number of fused-ring (bicyclic) bond motifs is 4. The van der Waals surface area contributed by atoms with Crippen molar-refractivity contribution in [2.75, 3.05) is 0 Å². The van der Waals surface area contributed by atoms with Crippen molar-refractivity contribution in [2.45, 2.75) is 79.8 Å². The van der Waals surface area contributed by atoms with E-state index in [1.54, 1.807) is 63.7 Å². The van der Waals surface area contributed by atoms with Crippen LogP contribution < -0.4 is 9.30 Å². The molecule has 332 valence electrons. The Kier molecular flexibility index (Phi) is 7.35. The van der Waals surface area contributed by atoms with Crippen LogP contribution in [0.2, 0.25) is 0 Å². The van der Waals surface area contributed by atoms with Gasteiger partial charge in [0.25, 0.3) is 6.33 Å². The number of hydrogen-bond donors (Lipinski definition) is 0. The monoisotopic (exact) mass is 1060 g/mol. The van der Waals surface area contributed by atoms with Crippen LogP contribution in [0.15, 0.2) is 146 Å². The van der Waals surface area contributed by atoms with Crippen molar-refractivity contribution >= 4 is 32.8 Å². The number of aromatic nitrogens is 4. The number of ether oxygens (including phenoxy) is 1. The first-order valence-electron chi connectivity index (χ1n) is 29.6. The predicted octanol–water partition coefficient (Wildman–Crippen LogP) is 14.8. The van der Waals surface area contributed by atoms with E-state index < -0.39 is 68.4 Å². The van der Waals surface area contributed by atoms with Crippen molar-refractivity contribution in [1.82, 2.24) is 14.1 Å². The van der Waals surface area contributed by atoms with Crippen molar-refractivity contribution in [3.8, 4) is 50.9 Å². The Labute approximate surface area is 427 Å². The van der Waals surface area contributed by atoms with Crippen molar-refractivity contribution in [3.63, 3.8) is 0 Å². The summed E-state index contributed by atoms with van der Waals surface area (Å²) in [4.78, 5) is 4.68. The van der Waals surface area contributed by atoms with Gasteiger partial charge < -0.3 is 13.9 Å². The van der Waals surface area contributed by atoms with Crippen molar-refractivity contribution < 1.29 is 53.7 Å². The van der Waals surface area contributed by atoms with Gasteiger partial charge in [-0.05, 0) is 112 Å². The zero-order valence-electron chi connectivity index (χ0n) is 54.0. The molecular formula is C60H54N4OPt-2. The number of para-hydroxylation sites is 1. The van der Waals surface area contributed by atoms with Crippen molar-refractivity contribution in [1.29, 1.82) is 0 Å². The zero-order valence-corrected chi connectivity index (χ0v) is 39.3. The van der Waals surface area contributed by atoms with Crippen LogP contribution in [-0.4, -0.2) is 14.1 Å². The van der Waals surface area contributed by atoms with E-state index >= 15 is 0 Å². The third-order valence-electron chi connectivity index (χ3n) is 11.6. The first-order valence-corrected chi connectivity index (χ1v) is 21.1. The number of benzene rings is 7. The molecule has 10 aromatic rings. The minimum atomic E-state index is -2.83. The molecule has 0 bridgehead atoms. The van der Waals surface area contributed by atoms with E-state index in [1.165, 1.54) is 30.5 Å². The molecule has 0 N–H and O–H groups in total. The van der Waals surface area contributed by atoms with E-state index in [9.17, 15) is 0 Å². The maximum Gasteiger partial charge on any atom is 0.268 e. The Balaban J connectivity index is 0.00000828. The molecule has 0 spiro atoms. The fourth-order valence-corrected chi connectivity index (χ4v) is 8.56. The van der Waals surface area contributed by atoms with E-state index in [0.717, 1.165) is 5.39 Å². The molecule has 0 atom stereocenters. The maximum absolute atomic E-state index is 8.64. The molecular weight excluding hydrogens is 988 g/mol. The number of rotatable bonds is 7. The van der Waals surface area contributed by atoms with Crippen molar-refractivity contribution in [3.05, 3.63) is 197 Å². The van der Waals surface area contributed by atoms with Crippen molar-refractivity contribution in [2.24, 2.45) is 0 Å². The molecule has 0 aliphatic carbocycles. The summed E-state index contributed by atoms with van der Waals surface area (Å²) < 4.78 is 156. The second-order valence-corrected chi connectivity index (χ2v) is 18.2. The summed E-state index contributed by atoms with van der Waals surface area (Å²) in [7, 11) is 0. The molecule has 3 heterocycles. The Morgan fingerprint density at radius 2 is 1.36 bits per heavy atom. The largest absolute Gasteiger partial charge is 0.510 e. The molecule has 6 heteroatoms. The number of hydrogen-bond acceptors (Lipinski definition) is 2. The van der Waals surface area contributed by atoms with E-state index in [-0.39, 0.29) is 77.3 Å². The van der Waals surface area contributed by atoms with Gasteiger partial charge in [-0.15, -0.1) is 29.7 Å². The third-order valence-corrected chi connectivity index (χ3v) is 11.6. The van der Waals surface area contributed by atoms with Gasteiger partial charge in [0.05, 0.1) is 23.6 Å². The number of pyridine rings is 1. The summed E-state index contributed by atoms with van der Waals surface area (Å²) in [5.74, 6) is 0.570. The minimum Gasteiger partial charge on any atom is -0.510 e. The van der Waals surface area contributed by atoms with Gasteiger partial charge in [-0.25, -0.2) is 4.98 Å². The summed E-state index contributed by atoms with van der Waals surface area (Å²) in [5, 5.41) is 1.48. The van der Waals surface area contributed by atoms with Gasteiger partial charge in [-0.2, -0.15) is 18.2 Å². The van der Waals surface area contributed by atoms with Crippen LogP contribution in [0.4, 0.5) is 0 Å². The first-order chi connectivity index (χ1) is 38.0. The fraction of sp³-hybridized carbons (Fsp3) is 0.200. The Hall–Kier alpha value is -6.55. The van der Waals surface area contributed by atoms with Crippen LogP contribution in [-0.2, 0) is 31.9 Å². The van der Waals surface area contributed by atoms with Crippen LogP contribution in [0.1, 0.15) is 98.2 Å². The number of nitrogens with zero attached hydrogens (tertiary/aromatic N) is 4. The molecule has 0 fully saturated rings.